The molecule has 0 unspecified atom stereocenters. The number of methoxy groups -OCH3 is 1. The Balaban J connectivity index is 2.05. The van der Waals surface area contributed by atoms with Gasteiger partial charge in [-0.1, -0.05) is 30.3 Å². The van der Waals surface area contributed by atoms with Crippen molar-refractivity contribution in [1.82, 2.24) is 0 Å². The zero-order valence-corrected chi connectivity index (χ0v) is 10.1. The van der Waals surface area contributed by atoms with Crippen molar-refractivity contribution in [2.45, 2.75) is 0 Å². The second-order valence-electron chi connectivity index (χ2n) is 3.70. The minimum atomic E-state index is 0.450. The van der Waals surface area contributed by atoms with E-state index in [4.69, 9.17) is 10.5 Å². The average Bonchev–Trinajstić information content (AvgIpc) is 2.46. The maximum absolute atomic E-state index is 5.86. The summed E-state index contributed by atoms with van der Waals surface area (Å²) >= 11 is 0. The van der Waals surface area contributed by atoms with E-state index in [1.165, 1.54) is 0 Å². The molecule has 3 N–H and O–H groups in total. The second-order valence-corrected chi connectivity index (χ2v) is 3.70. The normalized spacial score (nSPS) is 11.1. The van der Waals surface area contributed by atoms with Gasteiger partial charge in [-0.3, -0.25) is 5.43 Å². The minimum Gasteiger partial charge on any atom is -0.497 e. The van der Waals surface area contributed by atoms with Gasteiger partial charge in [-0.05, 0) is 24.3 Å². The molecule has 2 aromatic carbocycles. The molecular formula is C14H15N3O. The zero-order chi connectivity index (χ0) is 12.8. The lowest BCUT2D eigenvalue weighted by Gasteiger charge is -2.04. The number of ether oxygens (including phenoxy) is 1. The molecule has 0 saturated heterocycles. The SMILES string of the molecule is COc1ccc(N/N=C(\N)c2ccccc2)cc1. The molecule has 0 saturated carbocycles. The number of amidine groups is 1. The number of anilines is 1. The van der Waals surface area contributed by atoms with E-state index in [9.17, 15) is 0 Å². The summed E-state index contributed by atoms with van der Waals surface area (Å²) in [6, 6.07) is 17.1. The lowest BCUT2D eigenvalue weighted by molar-refractivity contribution is 0.415. The van der Waals surface area contributed by atoms with Crippen molar-refractivity contribution in [2.75, 3.05) is 12.5 Å². The van der Waals surface area contributed by atoms with Crippen molar-refractivity contribution in [3.05, 3.63) is 60.2 Å². The molecule has 0 spiro atoms. The van der Waals surface area contributed by atoms with E-state index in [2.05, 4.69) is 10.5 Å². The van der Waals surface area contributed by atoms with Gasteiger partial charge in [0.1, 0.15) is 5.75 Å². The molecule has 0 heterocycles. The lowest BCUT2D eigenvalue weighted by atomic mass is 10.2. The molecule has 0 aromatic heterocycles. The summed E-state index contributed by atoms with van der Waals surface area (Å²) in [5.41, 5.74) is 10.5. The van der Waals surface area contributed by atoms with Crippen molar-refractivity contribution < 1.29 is 4.74 Å². The first-order chi connectivity index (χ1) is 8.79. The number of hydrogen-bond donors (Lipinski definition) is 2. The van der Waals surface area contributed by atoms with E-state index in [1.54, 1.807) is 7.11 Å². The van der Waals surface area contributed by atoms with Crippen LogP contribution in [0.2, 0.25) is 0 Å². The summed E-state index contributed by atoms with van der Waals surface area (Å²) in [5.74, 6) is 1.26. The van der Waals surface area contributed by atoms with Gasteiger partial charge in [0, 0.05) is 5.56 Å². The predicted molar refractivity (Wildman–Crippen MR) is 73.8 cm³/mol. The van der Waals surface area contributed by atoms with Crippen molar-refractivity contribution in [2.24, 2.45) is 10.8 Å². The van der Waals surface area contributed by atoms with E-state index in [1.807, 2.05) is 54.6 Å². The van der Waals surface area contributed by atoms with Crippen molar-refractivity contribution in [3.63, 3.8) is 0 Å². The molecular weight excluding hydrogens is 226 g/mol. The molecule has 18 heavy (non-hydrogen) atoms. The van der Waals surface area contributed by atoms with Gasteiger partial charge in [0.2, 0.25) is 0 Å². The van der Waals surface area contributed by atoms with Crippen LogP contribution < -0.4 is 15.9 Å². The number of benzene rings is 2. The highest BCUT2D eigenvalue weighted by atomic mass is 16.5. The Labute approximate surface area is 106 Å². The summed E-state index contributed by atoms with van der Waals surface area (Å²) in [7, 11) is 1.63. The Morgan fingerprint density at radius 2 is 1.72 bits per heavy atom. The van der Waals surface area contributed by atoms with Crippen LogP contribution in [0.5, 0.6) is 5.75 Å². The number of nitrogens with zero attached hydrogens (tertiary/aromatic N) is 1. The molecule has 4 nitrogen and oxygen atoms in total. The van der Waals surface area contributed by atoms with Crippen LogP contribution in [-0.2, 0) is 0 Å². The van der Waals surface area contributed by atoms with Gasteiger partial charge < -0.3 is 10.5 Å². The van der Waals surface area contributed by atoms with E-state index in [0.29, 0.717) is 5.84 Å². The van der Waals surface area contributed by atoms with E-state index in [-0.39, 0.29) is 0 Å². The largest absolute Gasteiger partial charge is 0.497 e. The average molecular weight is 241 g/mol. The fraction of sp³-hybridized carbons (Fsp3) is 0.0714. The number of hydrazone groups is 1. The Kier molecular flexibility index (Phi) is 3.81. The molecule has 0 amide bonds. The predicted octanol–water partition coefficient (Wildman–Crippen LogP) is 2.43. The van der Waals surface area contributed by atoms with Crippen LogP contribution in [0, 0.1) is 0 Å². The van der Waals surface area contributed by atoms with E-state index < -0.39 is 0 Å². The van der Waals surface area contributed by atoms with E-state index >= 15 is 0 Å². The Morgan fingerprint density at radius 1 is 1.06 bits per heavy atom. The van der Waals surface area contributed by atoms with Crippen LogP contribution in [0.4, 0.5) is 5.69 Å². The van der Waals surface area contributed by atoms with Crippen molar-refractivity contribution in [3.8, 4) is 5.75 Å². The first-order valence-electron chi connectivity index (χ1n) is 5.58. The third-order valence-electron chi connectivity index (χ3n) is 2.47. The van der Waals surface area contributed by atoms with Gasteiger partial charge in [-0.2, -0.15) is 5.10 Å². The molecule has 0 bridgehead atoms. The van der Waals surface area contributed by atoms with Gasteiger partial charge in [-0.25, -0.2) is 0 Å². The van der Waals surface area contributed by atoms with Crippen LogP contribution in [-0.4, -0.2) is 12.9 Å². The monoisotopic (exact) mass is 241 g/mol. The van der Waals surface area contributed by atoms with E-state index in [0.717, 1.165) is 17.0 Å². The standard InChI is InChI=1S/C14H15N3O/c1-18-13-9-7-12(8-10-13)16-17-14(15)11-5-3-2-4-6-11/h2-10,16H,1H3,(H2,15,17). The highest BCUT2D eigenvalue weighted by molar-refractivity contribution is 5.97. The summed E-state index contributed by atoms with van der Waals surface area (Å²) in [4.78, 5) is 0. The molecule has 0 aliphatic carbocycles. The first-order valence-corrected chi connectivity index (χ1v) is 5.58. The molecule has 92 valence electrons. The molecule has 0 atom stereocenters. The third-order valence-corrected chi connectivity index (χ3v) is 2.47. The molecule has 2 aromatic rings. The molecule has 0 radical (unpaired) electrons. The van der Waals surface area contributed by atoms with Gasteiger partial charge in [0.15, 0.2) is 5.84 Å². The quantitative estimate of drug-likeness (QED) is 0.491. The summed E-state index contributed by atoms with van der Waals surface area (Å²) in [5, 5.41) is 4.12. The van der Waals surface area contributed by atoms with Crippen LogP contribution in [0.25, 0.3) is 0 Å². The van der Waals surface area contributed by atoms with Gasteiger partial charge >= 0.3 is 0 Å². The molecule has 4 heteroatoms. The topological polar surface area (TPSA) is 59.6 Å². The Hall–Kier alpha value is -2.49. The fourth-order valence-electron chi connectivity index (χ4n) is 1.46. The maximum atomic E-state index is 5.86. The first kappa shape index (κ1) is 12.0. The lowest BCUT2D eigenvalue weighted by Crippen LogP contribution is -2.15. The highest BCUT2D eigenvalue weighted by Crippen LogP contribution is 2.14. The van der Waals surface area contributed by atoms with Crippen LogP contribution in [0.3, 0.4) is 0 Å². The summed E-state index contributed by atoms with van der Waals surface area (Å²) in [6.45, 7) is 0. The summed E-state index contributed by atoms with van der Waals surface area (Å²) in [6.07, 6.45) is 0. The number of nitrogens with one attached hydrogen (secondary N) is 1. The third kappa shape index (κ3) is 3.01. The van der Waals surface area contributed by atoms with Crippen molar-refractivity contribution >= 4 is 11.5 Å². The smallest absolute Gasteiger partial charge is 0.150 e. The molecule has 0 aliphatic heterocycles. The van der Waals surface area contributed by atoms with Gasteiger partial charge in [-0.15, -0.1) is 0 Å². The molecule has 0 fully saturated rings. The summed E-state index contributed by atoms with van der Waals surface area (Å²) < 4.78 is 5.08. The number of hydrogen-bond acceptors (Lipinski definition) is 3. The second kappa shape index (κ2) is 5.72. The zero-order valence-electron chi connectivity index (χ0n) is 10.1. The van der Waals surface area contributed by atoms with Gasteiger partial charge in [0.25, 0.3) is 0 Å². The van der Waals surface area contributed by atoms with Crippen LogP contribution in [0.15, 0.2) is 59.7 Å². The number of rotatable bonds is 4. The maximum Gasteiger partial charge on any atom is 0.150 e. The molecule has 2 rings (SSSR count). The highest BCUT2D eigenvalue weighted by Gasteiger charge is 1.96. The molecule has 0 aliphatic rings. The Bertz CT molecular complexity index is 520. The minimum absolute atomic E-state index is 0.450. The van der Waals surface area contributed by atoms with Gasteiger partial charge in [0.05, 0.1) is 12.8 Å². The van der Waals surface area contributed by atoms with Crippen LogP contribution >= 0.6 is 0 Å². The number of nitrogens with two attached hydrogens (primary N) is 1. The van der Waals surface area contributed by atoms with Crippen LogP contribution in [0.1, 0.15) is 5.56 Å². The van der Waals surface area contributed by atoms with Crippen molar-refractivity contribution in [1.29, 1.82) is 0 Å². The Morgan fingerprint density at radius 3 is 2.33 bits per heavy atom. The fourth-order valence-corrected chi connectivity index (χ4v) is 1.46.